The molecule has 1 aromatic heterocycles. The van der Waals surface area contributed by atoms with Gasteiger partial charge in [0.15, 0.2) is 0 Å². The van der Waals surface area contributed by atoms with Gasteiger partial charge in [0.1, 0.15) is 17.4 Å². The van der Waals surface area contributed by atoms with Crippen LogP contribution in [0, 0.1) is 12.3 Å². The fourth-order valence-corrected chi connectivity index (χ4v) is 3.37. The van der Waals surface area contributed by atoms with Crippen LogP contribution in [0.4, 0.5) is 5.69 Å². The van der Waals surface area contributed by atoms with Gasteiger partial charge in [0, 0.05) is 0 Å². The highest BCUT2D eigenvalue weighted by Gasteiger charge is 2.32. The number of amidine groups is 1. The Bertz CT molecular complexity index is 1050. The zero-order valence-corrected chi connectivity index (χ0v) is 14.8. The number of aromatic amines is 1. The van der Waals surface area contributed by atoms with Crippen LogP contribution in [0.15, 0.2) is 42.2 Å². The lowest BCUT2D eigenvalue weighted by molar-refractivity contribution is 0.411. The Kier molecular flexibility index (Phi) is 3.71. The summed E-state index contributed by atoms with van der Waals surface area (Å²) < 4.78 is 0. The molecular weight excluding hydrogens is 359 g/mol. The molecule has 2 heterocycles. The molecule has 0 bridgehead atoms. The molecule has 0 fully saturated rings. The van der Waals surface area contributed by atoms with E-state index in [1.807, 2.05) is 25.1 Å². The molecule has 0 atom stereocenters. The number of nitrogens with zero attached hydrogens (tertiary/aromatic N) is 2. The summed E-state index contributed by atoms with van der Waals surface area (Å²) >= 11 is 12.3. The lowest BCUT2D eigenvalue weighted by Gasteiger charge is -2.20. The topological polar surface area (TPSA) is 76.0 Å². The van der Waals surface area contributed by atoms with E-state index in [0.717, 1.165) is 16.6 Å². The smallest absolute Gasteiger partial charge is 0.145 e. The number of aromatic nitrogens is 2. The Labute approximate surface area is 154 Å². The maximum atomic E-state index is 10.4. The third-order valence-electron chi connectivity index (χ3n) is 4.20. The number of H-pyrrole nitrogens is 1. The molecule has 3 aromatic rings. The summed E-state index contributed by atoms with van der Waals surface area (Å²) in [4.78, 5) is 9.29. The first kappa shape index (κ1) is 16.0. The molecule has 5 nitrogen and oxygen atoms in total. The summed E-state index contributed by atoms with van der Waals surface area (Å²) in [6.07, 6.45) is 0. The van der Waals surface area contributed by atoms with E-state index in [0.29, 0.717) is 27.1 Å². The second kappa shape index (κ2) is 5.79. The van der Waals surface area contributed by atoms with E-state index in [9.17, 15) is 5.11 Å². The predicted molar refractivity (Wildman–Crippen MR) is 102 cm³/mol. The molecule has 25 heavy (non-hydrogen) atoms. The third-order valence-corrected chi connectivity index (χ3v) is 5.01. The van der Waals surface area contributed by atoms with Gasteiger partial charge in [-0.1, -0.05) is 35.3 Å². The molecule has 0 radical (unpaired) electrons. The zero-order valence-electron chi connectivity index (χ0n) is 13.3. The van der Waals surface area contributed by atoms with Crippen molar-refractivity contribution in [3.63, 3.8) is 0 Å². The van der Waals surface area contributed by atoms with E-state index in [4.69, 9.17) is 28.6 Å². The quantitative estimate of drug-likeness (QED) is 0.595. The zero-order chi connectivity index (χ0) is 17.7. The number of nitrogens with one attached hydrogen (secondary N) is 2. The van der Waals surface area contributed by atoms with Crippen molar-refractivity contribution in [2.45, 2.75) is 6.92 Å². The van der Waals surface area contributed by atoms with Gasteiger partial charge in [-0.2, -0.15) is 0 Å². The first-order chi connectivity index (χ1) is 12.0. The minimum atomic E-state index is 0.0665. The average molecular weight is 373 g/mol. The molecule has 0 aliphatic carbocycles. The van der Waals surface area contributed by atoms with E-state index in [1.165, 1.54) is 0 Å². The second-order valence-electron chi connectivity index (χ2n) is 5.94. The maximum Gasteiger partial charge on any atom is 0.145 e. The standard InChI is InChI=1S/C18H14Cl2N4O/c1-9-5-6-11-12(7-9)23-18(22-11)15-14(25)8-24(17(15)21)13-4-2-3-10(19)16(13)20/h2-7,21,25H,8H2,1H3,(H,22,23). The van der Waals surface area contributed by atoms with Gasteiger partial charge in [-0.25, -0.2) is 4.98 Å². The summed E-state index contributed by atoms with van der Waals surface area (Å²) in [6.45, 7) is 2.14. The van der Waals surface area contributed by atoms with Gasteiger partial charge in [0.2, 0.25) is 0 Å². The summed E-state index contributed by atoms with van der Waals surface area (Å²) in [5.74, 6) is 0.651. The second-order valence-corrected chi connectivity index (χ2v) is 6.72. The first-order valence-electron chi connectivity index (χ1n) is 7.65. The summed E-state index contributed by atoms with van der Waals surface area (Å²) in [5, 5.41) is 19.7. The number of hydrogen-bond donors (Lipinski definition) is 3. The molecular formula is C18H14Cl2N4O. The average Bonchev–Trinajstić information content (AvgIpc) is 3.10. The fraction of sp³-hybridized carbons (Fsp3) is 0.111. The Balaban J connectivity index is 1.76. The Hall–Kier alpha value is -2.50. The van der Waals surface area contributed by atoms with Crippen LogP contribution in [0.3, 0.4) is 0 Å². The van der Waals surface area contributed by atoms with Crippen LogP contribution in [0.5, 0.6) is 0 Å². The number of aryl methyl sites for hydroxylation is 1. The Morgan fingerprint density at radius 2 is 2.04 bits per heavy atom. The molecule has 4 rings (SSSR count). The predicted octanol–water partition coefficient (Wildman–Crippen LogP) is 4.94. The van der Waals surface area contributed by atoms with Crippen molar-refractivity contribution in [2.75, 3.05) is 11.4 Å². The summed E-state index contributed by atoms with van der Waals surface area (Å²) in [5.41, 5.74) is 3.70. The SMILES string of the molecule is Cc1ccc2nc(C3=C(O)CN(c4cccc(Cl)c4Cl)C3=N)[nH]c2c1. The summed E-state index contributed by atoms with van der Waals surface area (Å²) in [6, 6.07) is 11.1. The number of hydrogen-bond acceptors (Lipinski definition) is 3. The first-order valence-corrected chi connectivity index (χ1v) is 8.40. The van der Waals surface area contributed by atoms with Gasteiger partial charge in [-0.3, -0.25) is 5.41 Å². The largest absolute Gasteiger partial charge is 0.509 e. The van der Waals surface area contributed by atoms with E-state index >= 15 is 0 Å². The van der Waals surface area contributed by atoms with Crippen LogP contribution < -0.4 is 4.90 Å². The summed E-state index contributed by atoms with van der Waals surface area (Å²) in [7, 11) is 0. The highest BCUT2D eigenvalue weighted by molar-refractivity contribution is 6.44. The van der Waals surface area contributed by atoms with Gasteiger partial charge in [0.25, 0.3) is 0 Å². The normalized spacial score (nSPS) is 14.8. The van der Waals surface area contributed by atoms with Crippen molar-refractivity contribution in [1.82, 2.24) is 9.97 Å². The maximum absolute atomic E-state index is 10.4. The van der Waals surface area contributed by atoms with Crippen molar-refractivity contribution >= 4 is 51.3 Å². The molecule has 1 aliphatic heterocycles. The van der Waals surface area contributed by atoms with Gasteiger partial charge in [-0.05, 0) is 36.8 Å². The van der Waals surface area contributed by atoms with Crippen LogP contribution in [0.2, 0.25) is 10.0 Å². The van der Waals surface area contributed by atoms with Crippen molar-refractivity contribution in [3.05, 3.63) is 63.6 Å². The van der Waals surface area contributed by atoms with Crippen LogP contribution in [0.1, 0.15) is 11.4 Å². The van der Waals surface area contributed by atoms with Crippen molar-refractivity contribution in [3.8, 4) is 0 Å². The van der Waals surface area contributed by atoms with E-state index in [-0.39, 0.29) is 18.1 Å². The molecule has 126 valence electrons. The molecule has 7 heteroatoms. The number of aliphatic hydroxyl groups excluding tert-OH is 1. The van der Waals surface area contributed by atoms with Crippen molar-refractivity contribution in [2.24, 2.45) is 0 Å². The van der Waals surface area contributed by atoms with Crippen LogP contribution >= 0.6 is 23.2 Å². The van der Waals surface area contributed by atoms with Crippen LogP contribution in [0.25, 0.3) is 16.6 Å². The number of halogens is 2. The number of rotatable bonds is 2. The lowest BCUT2D eigenvalue weighted by atomic mass is 10.2. The number of fused-ring (bicyclic) bond motifs is 1. The molecule has 2 aromatic carbocycles. The number of aliphatic hydroxyl groups is 1. The van der Waals surface area contributed by atoms with Gasteiger partial charge < -0.3 is 15.0 Å². The van der Waals surface area contributed by atoms with Gasteiger partial charge in [-0.15, -0.1) is 0 Å². The minimum Gasteiger partial charge on any atom is -0.509 e. The van der Waals surface area contributed by atoms with Crippen molar-refractivity contribution in [1.29, 1.82) is 5.41 Å². The lowest BCUT2D eigenvalue weighted by Crippen LogP contribution is -2.26. The highest BCUT2D eigenvalue weighted by atomic mass is 35.5. The molecule has 0 unspecified atom stereocenters. The molecule has 0 spiro atoms. The Morgan fingerprint density at radius 3 is 2.84 bits per heavy atom. The van der Waals surface area contributed by atoms with Crippen molar-refractivity contribution < 1.29 is 5.11 Å². The molecule has 0 amide bonds. The van der Waals surface area contributed by atoms with E-state index in [2.05, 4.69) is 9.97 Å². The van der Waals surface area contributed by atoms with Gasteiger partial charge >= 0.3 is 0 Å². The number of imidazole rings is 1. The minimum absolute atomic E-state index is 0.0665. The van der Waals surface area contributed by atoms with Crippen LogP contribution in [-0.4, -0.2) is 27.5 Å². The van der Waals surface area contributed by atoms with Gasteiger partial charge in [0.05, 0.1) is 38.9 Å². The molecule has 3 N–H and O–H groups in total. The fourth-order valence-electron chi connectivity index (χ4n) is 2.98. The monoisotopic (exact) mass is 372 g/mol. The molecule has 1 aliphatic rings. The Morgan fingerprint density at radius 1 is 1.24 bits per heavy atom. The number of anilines is 1. The molecule has 0 saturated heterocycles. The third kappa shape index (κ3) is 2.56. The molecule has 0 saturated carbocycles. The highest BCUT2D eigenvalue weighted by Crippen LogP contribution is 2.37. The van der Waals surface area contributed by atoms with E-state index in [1.54, 1.807) is 23.1 Å². The number of benzene rings is 2. The van der Waals surface area contributed by atoms with E-state index < -0.39 is 0 Å². The van der Waals surface area contributed by atoms with Crippen LogP contribution in [-0.2, 0) is 0 Å².